The molecule has 0 aliphatic rings. The van der Waals surface area contributed by atoms with E-state index in [1.54, 1.807) is 13.0 Å². The number of esters is 1. The Morgan fingerprint density at radius 1 is 1.14 bits per heavy atom. The molecule has 0 N–H and O–H groups in total. The topological polar surface area (TPSA) is 44.8 Å². The Kier molecular flexibility index (Phi) is 5.67. The first-order chi connectivity index (χ1) is 10.7. The van der Waals surface area contributed by atoms with Crippen LogP contribution in [-0.2, 0) is 11.3 Å². The lowest BCUT2D eigenvalue weighted by molar-refractivity contribution is 0.0526. The molecule has 0 fully saturated rings. The molecule has 4 nitrogen and oxygen atoms in total. The predicted octanol–water partition coefficient (Wildman–Crippen LogP) is 4.10. The molecule has 0 spiro atoms. The van der Waals surface area contributed by atoms with E-state index >= 15 is 0 Å². The number of rotatable bonds is 6. The summed E-state index contributed by atoms with van der Waals surface area (Å²) in [6, 6.07) is 12.8. The zero-order valence-corrected chi connectivity index (χ0v) is 13.2. The third-order valence-corrected chi connectivity index (χ3v) is 3.30. The second kappa shape index (κ2) is 7.71. The lowest BCUT2D eigenvalue weighted by Gasteiger charge is -2.13. The highest BCUT2D eigenvalue weighted by molar-refractivity contribution is 6.33. The van der Waals surface area contributed by atoms with E-state index in [9.17, 15) is 4.79 Å². The lowest BCUT2D eigenvalue weighted by atomic mass is 10.2. The van der Waals surface area contributed by atoms with E-state index < -0.39 is 5.97 Å². The Morgan fingerprint density at radius 2 is 1.86 bits per heavy atom. The average Bonchev–Trinajstić information content (AvgIpc) is 2.54. The molecule has 0 unspecified atom stereocenters. The minimum absolute atomic E-state index is 0.257. The fraction of sp³-hybridized carbons (Fsp3) is 0.235. The van der Waals surface area contributed by atoms with Crippen LogP contribution in [0.1, 0.15) is 22.8 Å². The fourth-order valence-corrected chi connectivity index (χ4v) is 2.14. The SMILES string of the molecule is CCOC(=O)c1cc(OC)c(OCc2ccccc2)cc1Cl. The highest BCUT2D eigenvalue weighted by atomic mass is 35.5. The maximum absolute atomic E-state index is 11.8. The highest BCUT2D eigenvalue weighted by Gasteiger charge is 2.17. The number of hydrogen-bond donors (Lipinski definition) is 0. The van der Waals surface area contributed by atoms with Crippen LogP contribution in [0.3, 0.4) is 0 Å². The first kappa shape index (κ1) is 16.2. The maximum Gasteiger partial charge on any atom is 0.339 e. The van der Waals surface area contributed by atoms with Crippen molar-refractivity contribution in [1.82, 2.24) is 0 Å². The van der Waals surface area contributed by atoms with Crippen molar-refractivity contribution in [2.24, 2.45) is 0 Å². The summed E-state index contributed by atoms with van der Waals surface area (Å²) in [6.07, 6.45) is 0. The molecule has 116 valence electrons. The van der Waals surface area contributed by atoms with Crippen molar-refractivity contribution in [3.05, 3.63) is 58.6 Å². The third-order valence-electron chi connectivity index (χ3n) is 2.99. The van der Waals surface area contributed by atoms with Crippen LogP contribution in [0, 0.1) is 0 Å². The molecular weight excluding hydrogens is 304 g/mol. The van der Waals surface area contributed by atoms with Crippen LogP contribution < -0.4 is 9.47 Å². The molecule has 0 heterocycles. The van der Waals surface area contributed by atoms with E-state index in [1.165, 1.54) is 13.2 Å². The van der Waals surface area contributed by atoms with E-state index in [4.69, 9.17) is 25.8 Å². The third kappa shape index (κ3) is 3.92. The molecule has 0 aromatic heterocycles. The van der Waals surface area contributed by atoms with Crippen molar-refractivity contribution in [1.29, 1.82) is 0 Å². The summed E-state index contributed by atoms with van der Waals surface area (Å²) in [5.41, 5.74) is 1.28. The molecule has 0 saturated carbocycles. The lowest BCUT2D eigenvalue weighted by Crippen LogP contribution is -2.06. The molecule has 0 atom stereocenters. The standard InChI is InChI=1S/C17H17ClO4/c1-3-21-17(19)13-9-15(20-2)16(10-14(13)18)22-11-12-7-5-4-6-8-12/h4-10H,3,11H2,1-2H3. The fourth-order valence-electron chi connectivity index (χ4n) is 1.91. The van der Waals surface area contributed by atoms with Gasteiger partial charge in [-0.3, -0.25) is 0 Å². The zero-order valence-electron chi connectivity index (χ0n) is 12.5. The molecular formula is C17H17ClO4. The quantitative estimate of drug-likeness (QED) is 0.752. The summed E-state index contributed by atoms with van der Waals surface area (Å²) in [4.78, 5) is 11.8. The van der Waals surface area contributed by atoms with Gasteiger partial charge >= 0.3 is 5.97 Å². The first-order valence-electron chi connectivity index (χ1n) is 6.87. The van der Waals surface area contributed by atoms with Crippen LogP contribution in [0.2, 0.25) is 5.02 Å². The van der Waals surface area contributed by atoms with Gasteiger partial charge in [-0.25, -0.2) is 4.79 Å². The van der Waals surface area contributed by atoms with E-state index in [0.29, 0.717) is 18.1 Å². The summed E-state index contributed by atoms with van der Waals surface area (Å²) in [6.45, 7) is 2.40. The molecule has 0 radical (unpaired) electrons. The number of carbonyl (C=O) groups is 1. The monoisotopic (exact) mass is 320 g/mol. The van der Waals surface area contributed by atoms with Gasteiger partial charge in [0, 0.05) is 6.07 Å². The van der Waals surface area contributed by atoms with Crippen molar-refractivity contribution in [3.63, 3.8) is 0 Å². The summed E-state index contributed by atoms with van der Waals surface area (Å²) in [7, 11) is 1.51. The predicted molar refractivity (Wildman–Crippen MR) is 84.7 cm³/mol. The average molecular weight is 321 g/mol. The number of methoxy groups -OCH3 is 1. The van der Waals surface area contributed by atoms with Crippen molar-refractivity contribution < 1.29 is 19.0 Å². The zero-order chi connectivity index (χ0) is 15.9. The minimum Gasteiger partial charge on any atom is -0.493 e. The Bertz CT molecular complexity index is 641. The normalized spacial score (nSPS) is 10.1. The summed E-state index contributed by atoms with van der Waals surface area (Å²) < 4.78 is 16.0. The minimum atomic E-state index is -0.486. The smallest absolute Gasteiger partial charge is 0.339 e. The molecule has 2 rings (SSSR count). The molecule has 0 aliphatic carbocycles. The molecule has 0 bridgehead atoms. The van der Waals surface area contributed by atoms with Crippen LogP contribution in [0.4, 0.5) is 0 Å². The van der Waals surface area contributed by atoms with E-state index in [-0.39, 0.29) is 17.2 Å². The highest BCUT2D eigenvalue weighted by Crippen LogP contribution is 2.34. The largest absolute Gasteiger partial charge is 0.493 e. The second-order valence-electron chi connectivity index (χ2n) is 4.48. The summed E-state index contributed by atoms with van der Waals surface area (Å²) in [5, 5.41) is 0.266. The van der Waals surface area contributed by atoms with E-state index in [1.807, 2.05) is 30.3 Å². The summed E-state index contributed by atoms with van der Waals surface area (Å²) >= 11 is 6.13. The first-order valence-corrected chi connectivity index (χ1v) is 7.25. The Balaban J connectivity index is 2.21. The van der Waals surface area contributed by atoms with Gasteiger partial charge in [0.25, 0.3) is 0 Å². The summed E-state index contributed by atoms with van der Waals surface area (Å²) in [5.74, 6) is 0.424. The van der Waals surface area contributed by atoms with Gasteiger partial charge in [0.05, 0.1) is 24.3 Å². The Hall–Kier alpha value is -2.20. The number of hydrogen-bond acceptors (Lipinski definition) is 4. The molecule has 2 aromatic carbocycles. The van der Waals surface area contributed by atoms with Crippen molar-refractivity contribution in [3.8, 4) is 11.5 Å². The van der Waals surface area contributed by atoms with Crippen LogP contribution in [0.5, 0.6) is 11.5 Å². The van der Waals surface area contributed by atoms with Crippen LogP contribution in [-0.4, -0.2) is 19.7 Å². The number of carbonyl (C=O) groups excluding carboxylic acids is 1. The maximum atomic E-state index is 11.8. The van der Waals surface area contributed by atoms with Crippen molar-refractivity contribution in [2.45, 2.75) is 13.5 Å². The van der Waals surface area contributed by atoms with Gasteiger partial charge in [0.1, 0.15) is 6.61 Å². The van der Waals surface area contributed by atoms with Crippen molar-refractivity contribution >= 4 is 17.6 Å². The van der Waals surface area contributed by atoms with Crippen molar-refractivity contribution in [2.75, 3.05) is 13.7 Å². The number of halogens is 1. The molecule has 2 aromatic rings. The molecule has 0 aliphatic heterocycles. The van der Waals surface area contributed by atoms with Gasteiger partial charge in [0.15, 0.2) is 11.5 Å². The molecule has 5 heteroatoms. The second-order valence-corrected chi connectivity index (χ2v) is 4.88. The molecule has 0 saturated heterocycles. The molecule has 22 heavy (non-hydrogen) atoms. The molecule has 0 amide bonds. The Morgan fingerprint density at radius 3 is 2.50 bits per heavy atom. The number of benzene rings is 2. The van der Waals surface area contributed by atoms with Gasteiger partial charge < -0.3 is 14.2 Å². The van der Waals surface area contributed by atoms with Crippen LogP contribution in [0.25, 0.3) is 0 Å². The van der Waals surface area contributed by atoms with Gasteiger partial charge in [0.2, 0.25) is 0 Å². The van der Waals surface area contributed by atoms with Gasteiger partial charge in [-0.05, 0) is 18.6 Å². The number of ether oxygens (including phenoxy) is 3. The van der Waals surface area contributed by atoms with Crippen LogP contribution in [0.15, 0.2) is 42.5 Å². The Labute approximate surface area is 134 Å². The van der Waals surface area contributed by atoms with E-state index in [2.05, 4.69) is 0 Å². The van der Waals surface area contributed by atoms with Crippen LogP contribution >= 0.6 is 11.6 Å². The van der Waals surface area contributed by atoms with Gasteiger partial charge in [-0.2, -0.15) is 0 Å². The van der Waals surface area contributed by atoms with Gasteiger partial charge in [-0.1, -0.05) is 41.9 Å². The van der Waals surface area contributed by atoms with Gasteiger partial charge in [-0.15, -0.1) is 0 Å². The van der Waals surface area contributed by atoms with E-state index in [0.717, 1.165) is 5.56 Å².